The molecule has 1 aliphatic rings. The van der Waals surface area contributed by atoms with Gasteiger partial charge in [0.05, 0.1) is 0 Å². The van der Waals surface area contributed by atoms with Crippen molar-refractivity contribution in [2.75, 3.05) is 13.6 Å². The van der Waals surface area contributed by atoms with Gasteiger partial charge in [0.1, 0.15) is 6.17 Å². The van der Waals surface area contributed by atoms with Crippen molar-refractivity contribution < 1.29 is 0 Å². The molecule has 0 saturated heterocycles. The number of thiocarbonyl (C=S) groups is 1. The molecule has 0 bridgehead atoms. The molecule has 80 valence electrons. The largest absolute Gasteiger partial charge is 0.336 e. The van der Waals surface area contributed by atoms with Gasteiger partial charge in [-0.05, 0) is 37.7 Å². The molecule has 1 aliphatic heterocycles. The number of hydrogen-bond donors (Lipinski definition) is 2. The summed E-state index contributed by atoms with van der Waals surface area (Å²) in [7, 11) is 2.02. The van der Waals surface area contributed by atoms with Crippen LogP contribution in [0.4, 0.5) is 0 Å². The summed E-state index contributed by atoms with van der Waals surface area (Å²) in [5, 5.41) is 7.45. The third kappa shape index (κ3) is 2.07. The predicted octanol–water partition coefficient (Wildman–Crippen LogP) is 1.43. The minimum absolute atomic E-state index is 0.263. The van der Waals surface area contributed by atoms with Gasteiger partial charge in [-0.1, -0.05) is 13.8 Å². The third-order valence-electron chi connectivity index (χ3n) is 2.59. The van der Waals surface area contributed by atoms with E-state index in [2.05, 4.69) is 36.3 Å². The molecule has 0 fully saturated rings. The van der Waals surface area contributed by atoms with Gasteiger partial charge in [-0.2, -0.15) is 0 Å². The molecule has 0 aromatic heterocycles. The van der Waals surface area contributed by atoms with E-state index in [0.717, 1.165) is 18.1 Å². The van der Waals surface area contributed by atoms with Gasteiger partial charge in [0.15, 0.2) is 5.11 Å². The summed E-state index contributed by atoms with van der Waals surface area (Å²) in [5.41, 5.74) is 2.59. The van der Waals surface area contributed by atoms with Crippen LogP contribution in [0.2, 0.25) is 0 Å². The zero-order chi connectivity index (χ0) is 10.7. The lowest BCUT2D eigenvalue weighted by molar-refractivity contribution is 0.329. The fraction of sp³-hybridized carbons (Fsp3) is 0.700. The molecule has 1 heterocycles. The third-order valence-corrected chi connectivity index (χ3v) is 2.98. The Hall–Kier alpha value is -0.610. The molecule has 0 aliphatic carbocycles. The van der Waals surface area contributed by atoms with E-state index in [4.69, 9.17) is 12.2 Å². The molecular weight excluding hydrogens is 194 g/mol. The lowest BCUT2D eigenvalue weighted by atomic mass is 10.1. The Morgan fingerprint density at radius 3 is 2.64 bits per heavy atom. The number of nitrogens with one attached hydrogen (secondary N) is 2. The Labute approximate surface area is 91.5 Å². The smallest absolute Gasteiger partial charge is 0.174 e. The number of likely N-dealkylation sites (N-methyl/N-ethyl adjacent to an activating group) is 2. The summed E-state index contributed by atoms with van der Waals surface area (Å²) >= 11 is 5.24. The highest BCUT2D eigenvalue weighted by molar-refractivity contribution is 7.80. The summed E-state index contributed by atoms with van der Waals surface area (Å²) in [6.45, 7) is 7.32. The molecule has 0 radical (unpaired) electrons. The first-order chi connectivity index (χ1) is 6.61. The van der Waals surface area contributed by atoms with Crippen LogP contribution in [-0.2, 0) is 0 Å². The van der Waals surface area contributed by atoms with Crippen LogP contribution in [-0.4, -0.2) is 29.8 Å². The van der Waals surface area contributed by atoms with E-state index in [1.807, 2.05) is 7.05 Å². The van der Waals surface area contributed by atoms with Crippen molar-refractivity contribution >= 4 is 17.3 Å². The quantitative estimate of drug-likeness (QED) is 0.694. The molecule has 3 nitrogen and oxygen atoms in total. The van der Waals surface area contributed by atoms with E-state index in [1.165, 1.54) is 11.3 Å². The molecule has 0 saturated carbocycles. The maximum Gasteiger partial charge on any atom is 0.174 e. The Morgan fingerprint density at radius 1 is 1.50 bits per heavy atom. The number of rotatable bonds is 3. The first kappa shape index (κ1) is 11.5. The van der Waals surface area contributed by atoms with E-state index in [-0.39, 0.29) is 6.17 Å². The minimum Gasteiger partial charge on any atom is -0.336 e. The van der Waals surface area contributed by atoms with E-state index in [9.17, 15) is 0 Å². The summed E-state index contributed by atoms with van der Waals surface area (Å²) in [4.78, 5) is 2.07. The molecule has 2 N–H and O–H groups in total. The molecule has 1 rings (SSSR count). The van der Waals surface area contributed by atoms with Gasteiger partial charge < -0.3 is 10.2 Å². The SMILES string of the molecule is CCNC1C(CC)=C(C)NC(=S)N1C. The van der Waals surface area contributed by atoms with Crippen molar-refractivity contribution in [3.05, 3.63) is 11.3 Å². The van der Waals surface area contributed by atoms with Crippen molar-refractivity contribution in [2.24, 2.45) is 0 Å². The molecule has 1 unspecified atom stereocenters. The number of allylic oxidation sites excluding steroid dienone is 1. The first-order valence-corrected chi connectivity index (χ1v) is 5.49. The topological polar surface area (TPSA) is 27.3 Å². The molecule has 1 atom stereocenters. The molecule has 0 amide bonds. The second-order valence-electron chi connectivity index (χ2n) is 3.51. The normalized spacial score (nSPS) is 22.7. The maximum absolute atomic E-state index is 5.24. The summed E-state index contributed by atoms with van der Waals surface area (Å²) < 4.78 is 0. The number of nitrogens with zero attached hydrogens (tertiary/aromatic N) is 1. The highest BCUT2D eigenvalue weighted by atomic mass is 32.1. The van der Waals surface area contributed by atoms with Crippen LogP contribution < -0.4 is 10.6 Å². The first-order valence-electron chi connectivity index (χ1n) is 5.08. The zero-order valence-electron chi connectivity index (χ0n) is 9.35. The van der Waals surface area contributed by atoms with Gasteiger partial charge in [0.25, 0.3) is 0 Å². The maximum atomic E-state index is 5.24. The lowest BCUT2D eigenvalue weighted by Crippen LogP contribution is -2.55. The van der Waals surface area contributed by atoms with Crippen LogP contribution in [0.25, 0.3) is 0 Å². The van der Waals surface area contributed by atoms with E-state index >= 15 is 0 Å². The van der Waals surface area contributed by atoms with E-state index in [0.29, 0.717) is 0 Å². The fourth-order valence-corrected chi connectivity index (χ4v) is 2.06. The van der Waals surface area contributed by atoms with Crippen LogP contribution in [0.5, 0.6) is 0 Å². The Morgan fingerprint density at radius 2 is 2.14 bits per heavy atom. The standard InChI is InChI=1S/C10H19N3S/c1-5-8-7(3)12-10(14)13(4)9(8)11-6-2/h9,11H,5-6H2,1-4H3,(H,12,14). The predicted molar refractivity (Wildman–Crippen MR) is 64.0 cm³/mol. The summed E-state index contributed by atoms with van der Waals surface area (Å²) in [6, 6.07) is 0. The lowest BCUT2D eigenvalue weighted by Gasteiger charge is -2.38. The van der Waals surface area contributed by atoms with Gasteiger partial charge in [-0.15, -0.1) is 0 Å². The van der Waals surface area contributed by atoms with Crippen molar-refractivity contribution in [2.45, 2.75) is 33.4 Å². The second kappa shape index (κ2) is 4.75. The average molecular weight is 213 g/mol. The van der Waals surface area contributed by atoms with Crippen LogP contribution in [0.1, 0.15) is 27.2 Å². The van der Waals surface area contributed by atoms with Gasteiger partial charge in [0, 0.05) is 12.7 Å². The highest BCUT2D eigenvalue weighted by Gasteiger charge is 2.25. The molecule has 4 heteroatoms. The minimum atomic E-state index is 0.263. The zero-order valence-corrected chi connectivity index (χ0v) is 10.2. The summed E-state index contributed by atoms with van der Waals surface area (Å²) in [6.07, 6.45) is 1.31. The molecule has 14 heavy (non-hydrogen) atoms. The van der Waals surface area contributed by atoms with Gasteiger partial charge in [0.2, 0.25) is 0 Å². The van der Waals surface area contributed by atoms with Crippen molar-refractivity contribution in [3.63, 3.8) is 0 Å². The second-order valence-corrected chi connectivity index (χ2v) is 3.89. The highest BCUT2D eigenvalue weighted by Crippen LogP contribution is 2.18. The molecule has 0 aromatic carbocycles. The van der Waals surface area contributed by atoms with Crippen molar-refractivity contribution in [1.82, 2.24) is 15.5 Å². The van der Waals surface area contributed by atoms with Crippen molar-refractivity contribution in [3.8, 4) is 0 Å². The molecule has 0 aromatic rings. The molecular formula is C10H19N3S. The Kier molecular flexibility index (Phi) is 3.89. The van der Waals surface area contributed by atoms with Crippen LogP contribution >= 0.6 is 12.2 Å². The number of hydrogen-bond acceptors (Lipinski definition) is 2. The van der Waals surface area contributed by atoms with Crippen molar-refractivity contribution in [1.29, 1.82) is 0 Å². The van der Waals surface area contributed by atoms with E-state index in [1.54, 1.807) is 0 Å². The fourth-order valence-electron chi connectivity index (χ4n) is 1.80. The average Bonchev–Trinajstić information content (AvgIpc) is 2.14. The molecule has 0 spiro atoms. The van der Waals surface area contributed by atoms with Crippen LogP contribution in [0.15, 0.2) is 11.3 Å². The van der Waals surface area contributed by atoms with E-state index < -0.39 is 0 Å². The Balaban J connectivity index is 2.94. The van der Waals surface area contributed by atoms with Gasteiger partial charge in [-0.25, -0.2) is 0 Å². The van der Waals surface area contributed by atoms with Crippen LogP contribution in [0.3, 0.4) is 0 Å². The van der Waals surface area contributed by atoms with Crippen LogP contribution in [0, 0.1) is 0 Å². The Bertz CT molecular complexity index is 260. The van der Waals surface area contributed by atoms with Gasteiger partial charge >= 0.3 is 0 Å². The summed E-state index contributed by atoms with van der Waals surface area (Å²) in [5.74, 6) is 0. The van der Waals surface area contributed by atoms with Gasteiger partial charge in [-0.3, -0.25) is 5.32 Å². The monoisotopic (exact) mass is 213 g/mol.